The predicted molar refractivity (Wildman–Crippen MR) is 95.4 cm³/mol. The van der Waals surface area contributed by atoms with Crippen LogP contribution in [0.3, 0.4) is 0 Å². The molecular formula is C18H18ClNO3S. The number of amides is 1. The summed E-state index contributed by atoms with van der Waals surface area (Å²) in [6, 6.07) is 11.2. The largest absolute Gasteiger partial charge is 0.467 e. The monoisotopic (exact) mass is 363 g/mol. The molecule has 3 rings (SSSR count). The van der Waals surface area contributed by atoms with E-state index in [2.05, 4.69) is 5.32 Å². The second-order valence-corrected chi connectivity index (χ2v) is 7.43. The Labute approximate surface area is 149 Å². The Morgan fingerprint density at radius 2 is 1.79 bits per heavy atom. The number of thiophene rings is 1. The smallest absolute Gasteiger partial charge is 0.331 e. The Bertz CT molecular complexity index is 748. The lowest BCUT2D eigenvalue weighted by Crippen LogP contribution is -2.53. The van der Waals surface area contributed by atoms with Gasteiger partial charge in [-0.25, -0.2) is 4.79 Å². The third-order valence-electron chi connectivity index (χ3n) is 4.34. The van der Waals surface area contributed by atoms with Crippen LogP contribution in [-0.4, -0.2) is 24.5 Å². The third kappa shape index (κ3) is 3.32. The summed E-state index contributed by atoms with van der Waals surface area (Å²) in [5.41, 5.74) is 0.128. The molecule has 1 N–H and O–H groups in total. The van der Waals surface area contributed by atoms with Crippen molar-refractivity contribution in [1.82, 2.24) is 5.32 Å². The number of methoxy groups -OCH3 is 1. The highest BCUT2D eigenvalue weighted by atomic mass is 35.5. The molecule has 2 aromatic rings. The first-order valence-corrected chi connectivity index (χ1v) is 9.00. The van der Waals surface area contributed by atoms with E-state index in [1.54, 1.807) is 6.07 Å². The molecule has 6 heteroatoms. The maximum absolute atomic E-state index is 12.6. The van der Waals surface area contributed by atoms with Gasteiger partial charge >= 0.3 is 5.97 Å². The van der Waals surface area contributed by atoms with Gasteiger partial charge in [0.2, 0.25) is 0 Å². The number of benzene rings is 1. The molecule has 1 heterocycles. The van der Waals surface area contributed by atoms with Crippen molar-refractivity contribution in [3.8, 4) is 10.4 Å². The molecule has 126 valence electrons. The van der Waals surface area contributed by atoms with E-state index in [0.717, 1.165) is 23.3 Å². The van der Waals surface area contributed by atoms with E-state index >= 15 is 0 Å². The van der Waals surface area contributed by atoms with Gasteiger partial charge in [-0.3, -0.25) is 4.79 Å². The molecule has 0 atom stereocenters. The molecule has 0 saturated heterocycles. The van der Waals surface area contributed by atoms with Crippen molar-refractivity contribution in [1.29, 1.82) is 0 Å². The number of halogens is 1. The Kier molecular flexibility index (Phi) is 4.92. The fourth-order valence-electron chi connectivity index (χ4n) is 3.06. The molecule has 0 aliphatic heterocycles. The van der Waals surface area contributed by atoms with Crippen LogP contribution in [0.25, 0.3) is 10.4 Å². The number of carbonyl (C=O) groups excluding carboxylic acids is 2. The zero-order valence-corrected chi connectivity index (χ0v) is 14.9. The van der Waals surface area contributed by atoms with Gasteiger partial charge in [-0.15, -0.1) is 11.3 Å². The molecule has 1 aliphatic carbocycles. The van der Waals surface area contributed by atoms with Crippen molar-refractivity contribution in [3.05, 3.63) is 46.3 Å². The van der Waals surface area contributed by atoms with E-state index in [-0.39, 0.29) is 11.9 Å². The summed E-state index contributed by atoms with van der Waals surface area (Å²) in [6.45, 7) is 0. The Morgan fingerprint density at radius 1 is 1.12 bits per heavy atom. The van der Waals surface area contributed by atoms with Crippen molar-refractivity contribution in [3.63, 3.8) is 0 Å². The zero-order chi connectivity index (χ0) is 17.2. The minimum absolute atomic E-state index is 0.229. The van der Waals surface area contributed by atoms with Crippen molar-refractivity contribution in [2.45, 2.75) is 31.2 Å². The van der Waals surface area contributed by atoms with Gasteiger partial charge in [-0.05, 0) is 42.7 Å². The number of ether oxygens (including phenoxy) is 1. The first kappa shape index (κ1) is 17.0. The molecular weight excluding hydrogens is 346 g/mol. The molecule has 0 bridgehead atoms. The van der Waals surface area contributed by atoms with Gasteiger partial charge in [-0.1, -0.05) is 36.6 Å². The highest BCUT2D eigenvalue weighted by Crippen LogP contribution is 2.33. The van der Waals surface area contributed by atoms with Crippen molar-refractivity contribution in [2.75, 3.05) is 7.11 Å². The van der Waals surface area contributed by atoms with Crippen LogP contribution < -0.4 is 5.32 Å². The minimum Gasteiger partial charge on any atom is -0.467 e. The fourth-order valence-corrected chi connectivity index (χ4v) is 4.09. The summed E-state index contributed by atoms with van der Waals surface area (Å²) in [5, 5.41) is 3.58. The van der Waals surface area contributed by atoms with E-state index in [9.17, 15) is 9.59 Å². The Hall–Kier alpha value is -1.85. The highest BCUT2D eigenvalue weighted by Gasteiger charge is 2.43. The maximum Gasteiger partial charge on any atom is 0.331 e. The molecule has 1 amide bonds. The number of nitrogens with one attached hydrogen (secondary N) is 1. The van der Waals surface area contributed by atoms with Crippen LogP contribution >= 0.6 is 22.9 Å². The van der Waals surface area contributed by atoms with Gasteiger partial charge in [-0.2, -0.15) is 0 Å². The molecule has 0 unspecified atom stereocenters. The van der Waals surface area contributed by atoms with Crippen LogP contribution in [0.15, 0.2) is 36.4 Å². The summed E-state index contributed by atoms with van der Waals surface area (Å²) < 4.78 is 4.90. The third-order valence-corrected chi connectivity index (χ3v) is 5.73. The molecule has 1 fully saturated rings. The van der Waals surface area contributed by atoms with Crippen LogP contribution in [0.4, 0.5) is 0 Å². The van der Waals surface area contributed by atoms with E-state index in [0.29, 0.717) is 22.7 Å². The van der Waals surface area contributed by atoms with E-state index < -0.39 is 5.54 Å². The van der Waals surface area contributed by atoms with Gasteiger partial charge in [0.25, 0.3) is 5.91 Å². The molecule has 1 aromatic carbocycles. The summed E-state index contributed by atoms with van der Waals surface area (Å²) in [5.74, 6) is -0.588. The number of carbonyl (C=O) groups is 2. The zero-order valence-electron chi connectivity index (χ0n) is 13.3. The normalized spacial score (nSPS) is 15.9. The van der Waals surface area contributed by atoms with E-state index in [1.807, 2.05) is 30.3 Å². The van der Waals surface area contributed by atoms with Crippen LogP contribution in [0, 0.1) is 0 Å². The first-order valence-electron chi connectivity index (χ1n) is 7.81. The van der Waals surface area contributed by atoms with E-state index in [4.69, 9.17) is 16.3 Å². The Morgan fingerprint density at radius 3 is 2.42 bits per heavy atom. The maximum atomic E-state index is 12.6. The van der Waals surface area contributed by atoms with Crippen LogP contribution in [0.1, 0.15) is 35.4 Å². The van der Waals surface area contributed by atoms with Gasteiger partial charge in [0.1, 0.15) is 5.54 Å². The lowest BCUT2D eigenvalue weighted by atomic mass is 9.97. The average molecular weight is 364 g/mol. The van der Waals surface area contributed by atoms with Crippen LogP contribution in [0.5, 0.6) is 0 Å². The second-order valence-electron chi connectivity index (χ2n) is 5.91. The molecule has 0 spiro atoms. The topological polar surface area (TPSA) is 55.4 Å². The minimum atomic E-state index is -0.879. The average Bonchev–Trinajstić information content (AvgIpc) is 3.25. The lowest BCUT2D eigenvalue weighted by Gasteiger charge is -2.26. The van der Waals surface area contributed by atoms with Gasteiger partial charge < -0.3 is 10.1 Å². The quantitative estimate of drug-likeness (QED) is 0.824. The van der Waals surface area contributed by atoms with E-state index in [1.165, 1.54) is 18.4 Å². The summed E-state index contributed by atoms with van der Waals surface area (Å²) >= 11 is 7.30. The van der Waals surface area contributed by atoms with Crippen LogP contribution in [-0.2, 0) is 9.53 Å². The first-order chi connectivity index (χ1) is 11.5. The molecule has 24 heavy (non-hydrogen) atoms. The lowest BCUT2D eigenvalue weighted by molar-refractivity contribution is -0.148. The SMILES string of the molecule is COC(=O)C1(NC(=O)c2ccc(-c3ccc(Cl)cc3)s2)CCCC1. The Balaban J connectivity index is 1.78. The fraction of sp³-hybridized carbons (Fsp3) is 0.333. The molecule has 1 saturated carbocycles. The van der Waals surface area contributed by atoms with Crippen molar-refractivity contribution >= 4 is 34.8 Å². The molecule has 1 aromatic heterocycles. The summed E-state index contributed by atoms with van der Waals surface area (Å²) in [7, 11) is 1.36. The van der Waals surface area contributed by atoms with Gasteiger partial charge in [0.15, 0.2) is 0 Å². The molecule has 0 radical (unpaired) electrons. The van der Waals surface area contributed by atoms with Gasteiger partial charge in [0.05, 0.1) is 12.0 Å². The standard InChI is InChI=1S/C18H18ClNO3S/c1-23-17(22)18(10-2-3-11-18)20-16(21)15-9-8-14(24-15)12-4-6-13(19)7-5-12/h4-9H,2-3,10-11H2,1H3,(H,20,21). The highest BCUT2D eigenvalue weighted by molar-refractivity contribution is 7.17. The van der Waals surface area contributed by atoms with Crippen molar-refractivity contribution < 1.29 is 14.3 Å². The number of rotatable bonds is 4. The van der Waals surface area contributed by atoms with Gasteiger partial charge in [0, 0.05) is 9.90 Å². The second kappa shape index (κ2) is 6.95. The number of hydrogen-bond acceptors (Lipinski definition) is 4. The van der Waals surface area contributed by atoms with Crippen molar-refractivity contribution in [2.24, 2.45) is 0 Å². The predicted octanol–water partition coefficient (Wildman–Crippen LogP) is 4.28. The molecule has 4 nitrogen and oxygen atoms in total. The number of esters is 1. The summed E-state index contributed by atoms with van der Waals surface area (Å²) in [4.78, 5) is 26.3. The molecule has 1 aliphatic rings. The summed E-state index contributed by atoms with van der Waals surface area (Å²) in [6.07, 6.45) is 3.08. The number of hydrogen-bond donors (Lipinski definition) is 1. The van der Waals surface area contributed by atoms with Crippen LogP contribution in [0.2, 0.25) is 5.02 Å².